The summed E-state index contributed by atoms with van der Waals surface area (Å²) < 4.78 is 12.7. The molecule has 0 saturated heterocycles. The Kier molecular flexibility index (Phi) is 5.89. The summed E-state index contributed by atoms with van der Waals surface area (Å²) in [6.07, 6.45) is 0. The number of benzene rings is 3. The van der Waals surface area contributed by atoms with Gasteiger partial charge in [-0.25, -0.2) is 0 Å². The number of non-ortho nitro benzene ring substituents is 1. The number of ether oxygens (including phenoxy) is 2. The summed E-state index contributed by atoms with van der Waals surface area (Å²) in [4.78, 5) is 10.8. The first-order chi connectivity index (χ1) is 15.5. The van der Waals surface area contributed by atoms with E-state index in [1.54, 1.807) is 26.4 Å². The van der Waals surface area contributed by atoms with Gasteiger partial charge in [-0.3, -0.25) is 14.8 Å². The van der Waals surface area contributed by atoms with Gasteiger partial charge in [0.15, 0.2) is 0 Å². The first kappa shape index (κ1) is 21.1. The van der Waals surface area contributed by atoms with Crippen LogP contribution in [0.25, 0.3) is 22.5 Å². The molecule has 1 aromatic heterocycles. The quantitative estimate of drug-likeness (QED) is 0.286. The van der Waals surface area contributed by atoms with Crippen LogP contribution in [0.3, 0.4) is 0 Å². The van der Waals surface area contributed by atoms with Crippen molar-refractivity contribution in [2.24, 2.45) is 0 Å². The van der Waals surface area contributed by atoms with E-state index in [4.69, 9.17) is 14.6 Å². The number of nitrogens with zero attached hydrogens (tertiary/aromatic N) is 3. The molecule has 0 amide bonds. The molecule has 0 radical (unpaired) electrons. The molecule has 3 aromatic carbocycles. The summed E-state index contributed by atoms with van der Waals surface area (Å²) >= 11 is 0. The van der Waals surface area contributed by atoms with E-state index in [-0.39, 0.29) is 10.6 Å². The Bertz CT molecular complexity index is 1280. The lowest BCUT2D eigenvalue weighted by atomic mass is 10.0. The number of aromatic nitrogens is 2. The van der Waals surface area contributed by atoms with Crippen LogP contribution >= 0.6 is 0 Å². The smallest absolute Gasteiger partial charge is 0.269 e. The third kappa shape index (κ3) is 4.18. The predicted molar refractivity (Wildman–Crippen MR) is 123 cm³/mol. The molecule has 0 spiro atoms. The Morgan fingerprint density at radius 3 is 2.19 bits per heavy atom. The normalized spacial score (nSPS) is 10.7. The monoisotopic (exact) mass is 429 g/mol. The average molecular weight is 429 g/mol. The molecule has 162 valence electrons. The zero-order valence-corrected chi connectivity index (χ0v) is 18.1. The van der Waals surface area contributed by atoms with Gasteiger partial charge in [-0.2, -0.15) is 5.10 Å². The minimum absolute atomic E-state index is 0.0577. The van der Waals surface area contributed by atoms with E-state index < -0.39 is 0 Å². The van der Waals surface area contributed by atoms with Gasteiger partial charge in [-0.05, 0) is 36.8 Å². The lowest BCUT2D eigenvalue weighted by molar-refractivity contribution is -0.384. The number of hydrogen-bond donors (Lipinski definition) is 0. The molecule has 0 aliphatic heterocycles. The standard InChI is InChI=1S/C25H23N3O4/c1-17-24(19-8-5-11-22(14-19)31-2)26-27(16-18-7-4-10-21(13-18)28(29)30)25(17)20-9-6-12-23(15-20)32-3/h4-15H,16H2,1-3H3. The highest BCUT2D eigenvalue weighted by atomic mass is 16.6. The lowest BCUT2D eigenvalue weighted by Gasteiger charge is -2.10. The van der Waals surface area contributed by atoms with Crippen molar-refractivity contribution >= 4 is 5.69 Å². The first-order valence-corrected chi connectivity index (χ1v) is 10.1. The molecule has 0 saturated carbocycles. The summed E-state index contributed by atoms with van der Waals surface area (Å²) in [6, 6.07) is 22.2. The molecular weight excluding hydrogens is 406 g/mol. The summed E-state index contributed by atoms with van der Waals surface area (Å²) in [5.74, 6) is 1.49. The highest BCUT2D eigenvalue weighted by Gasteiger charge is 2.19. The van der Waals surface area contributed by atoms with Gasteiger partial charge in [0.1, 0.15) is 11.5 Å². The van der Waals surface area contributed by atoms with Gasteiger partial charge in [0, 0.05) is 28.8 Å². The van der Waals surface area contributed by atoms with Gasteiger partial charge in [0.05, 0.1) is 37.1 Å². The van der Waals surface area contributed by atoms with Gasteiger partial charge in [0.25, 0.3) is 5.69 Å². The molecule has 0 fully saturated rings. The second kappa shape index (κ2) is 8.93. The molecule has 0 unspecified atom stereocenters. The van der Waals surface area contributed by atoms with Crippen molar-refractivity contribution in [2.45, 2.75) is 13.5 Å². The van der Waals surface area contributed by atoms with Gasteiger partial charge < -0.3 is 9.47 Å². The van der Waals surface area contributed by atoms with Crippen LogP contribution in [0.4, 0.5) is 5.69 Å². The van der Waals surface area contributed by atoms with Crippen molar-refractivity contribution in [2.75, 3.05) is 14.2 Å². The maximum atomic E-state index is 11.2. The molecule has 0 N–H and O–H groups in total. The van der Waals surface area contributed by atoms with Gasteiger partial charge in [0.2, 0.25) is 0 Å². The van der Waals surface area contributed by atoms with Crippen LogP contribution in [-0.2, 0) is 6.54 Å². The Hall–Kier alpha value is -4.13. The average Bonchev–Trinajstić information content (AvgIpc) is 3.14. The van der Waals surface area contributed by atoms with Gasteiger partial charge in [-0.1, -0.05) is 36.4 Å². The van der Waals surface area contributed by atoms with Crippen molar-refractivity contribution < 1.29 is 14.4 Å². The van der Waals surface area contributed by atoms with Crippen LogP contribution in [-0.4, -0.2) is 28.9 Å². The Morgan fingerprint density at radius 1 is 0.906 bits per heavy atom. The topological polar surface area (TPSA) is 79.4 Å². The second-order valence-electron chi connectivity index (χ2n) is 7.37. The van der Waals surface area contributed by atoms with E-state index in [2.05, 4.69) is 0 Å². The lowest BCUT2D eigenvalue weighted by Crippen LogP contribution is -2.05. The summed E-state index contributed by atoms with van der Waals surface area (Å²) in [5, 5.41) is 16.1. The fourth-order valence-electron chi connectivity index (χ4n) is 3.79. The van der Waals surface area contributed by atoms with E-state index in [0.29, 0.717) is 6.54 Å². The zero-order valence-electron chi connectivity index (χ0n) is 18.1. The minimum Gasteiger partial charge on any atom is -0.497 e. The number of nitro benzene ring substituents is 1. The Labute approximate surface area is 186 Å². The van der Waals surface area contributed by atoms with Crippen LogP contribution in [0.15, 0.2) is 72.8 Å². The third-order valence-electron chi connectivity index (χ3n) is 5.33. The van der Waals surface area contributed by atoms with Crippen molar-refractivity contribution in [3.63, 3.8) is 0 Å². The van der Waals surface area contributed by atoms with Crippen molar-refractivity contribution in [1.82, 2.24) is 9.78 Å². The zero-order chi connectivity index (χ0) is 22.7. The van der Waals surface area contributed by atoms with E-state index >= 15 is 0 Å². The molecule has 4 aromatic rings. The van der Waals surface area contributed by atoms with Gasteiger partial charge >= 0.3 is 0 Å². The molecule has 32 heavy (non-hydrogen) atoms. The number of rotatable bonds is 7. The maximum absolute atomic E-state index is 11.2. The third-order valence-corrected chi connectivity index (χ3v) is 5.33. The fourth-order valence-corrected chi connectivity index (χ4v) is 3.79. The second-order valence-corrected chi connectivity index (χ2v) is 7.37. The van der Waals surface area contributed by atoms with E-state index in [1.807, 2.05) is 66.2 Å². The highest BCUT2D eigenvalue weighted by molar-refractivity contribution is 5.75. The molecule has 0 aliphatic carbocycles. The Balaban J connectivity index is 1.87. The Morgan fingerprint density at radius 2 is 1.53 bits per heavy atom. The van der Waals surface area contributed by atoms with E-state index in [0.717, 1.165) is 45.1 Å². The van der Waals surface area contributed by atoms with Crippen LogP contribution in [0.5, 0.6) is 11.5 Å². The molecular formula is C25H23N3O4. The van der Waals surface area contributed by atoms with Crippen molar-refractivity contribution in [1.29, 1.82) is 0 Å². The molecule has 0 aliphatic rings. The van der Waals surface area contributed by atoms with E-state index in [9.17, 15) is 10.1 Å². The molecule has 7 nitrogen and oxygen atoms in total. The van der Waals surface area contributed by atoms with Crippen LogP contribution in [0, 0.1) is 17.0 Å². The SMILES string of the molecule is COc1cccc(-c2nn(Cc3cccc([N+](=O)[O-])c3)c(-c3cccc(OC)c3)c2C)c1. The molecule has 4 rings (SSSR count). The molecule has 0 bridgehead atoms. The summed E-state index contributed by atoms with van der Waals surface area (Å²) in [5.41, 5.74) is 5.49. The van der Waals surface area contributed by atoms with Crippen LogP contribution in [0.1, 0.15) is 11.1 Å². The largest absolute Gasteiger partial charge is 0.497 e. The van der Waals surface area contributed by atoms with Crippen molar-refractivity contribution in [3.05, 3.63) is 94.0 Å². The summed E-state index contributed by atoms with van der Waals surface area (Å²) in [6.45, 7) is 2.42. The number of methoxy groups -OCH3 is 2. The van der Waals surface area contributed by atoms with Crippen LogP contribution < -0.4 is 9.47 Å². The fraction of sp³-hybridized carbons (Fsp3) is 0.160. The first-order valence-electron chi connectivity index (χ1n) is 10.1. The molecule has 1 heterocycles. The minimum atomic E-state index is -0.386. The molecule has 0 atom stereocenters. The van der Waals surface area contributed by atoms with Crippen LogP contribution in [0.2, 0.25) is 0 Å². The number of hydrogen-bond acceptors (Lipinski definition) is 5. The van der Waals surface area contributed by atoms with Gasteiger partial charge in [-0.15, -0.1) is 0 Å². The maximum Gasteiger partial charge on any atom is 0.269 e. The molecule has 7 heteroatoms. The highest BCUT2D eigenvalue weighted by Crippen LogP contribution is 2.34. The number of nitro groups is 1. The van der Waals surface area contributed by atoms with Crippen molar-refractivity contribution in [3.8, 4) is 34.0 Å². The van der Waals surface area contributed by atoms with E-state index in [1.165, 1.54) is 6.07 Å². The summed E-state index contributed by atoms with van der Waals surface area (Å²) in [7, 11) is 3.27. The predicted octanol–water partition coefficient (Wildman–Crippen LogP) is 5.50.